The lowest BCUT2D eigenvalue weighted by atomic mass is 10.0. The van der Waals surface area contributed by atoms with Gasteiger partial charge in [-0.15, -0.1) is 0 Å². The molecule has 3 nitrogen and oxygen atoms in total. The molecule has 0 fully saturated rings. The first-order valence-corrected chi connectivity index (χ1v) is 4.80. The van der Waals surface area contributed by atoms with Crippen LogP contribution in [0.5, 0.6) is 0 Å². The molecule has 1 N–H and O–H groups in total. The average Bonchev–Trinajstić information content (AvgIpc) is 2.16. The van der Waals surface area contributed by atoms with E-state index in [1.165, 1.54) is 13.0 Å². The average molecular weight is 257 g/mol. The Hall–Kier alpha value is -1.00. The maximum absolute atomic E-state index is 11.2. The van der Waals surface area contributed by atoms with Crippen molar-refractivity contribution in [3.63, 3.8) is 0 Å². The summed E-state index contributed by atoms with van der Waals surface area (Å²) in [6.45, 7) is 0.803. The van der Waals surface area contributed by atoms with E-state index in [0.29, 0.717) is 5.56 Å². The van der Waals surface area contributed by atoms with Crippen molar-refractivity contribution in [2.75, 3.05) is 6.61 Å². The summed E-state index contributed by atoms with van der Waals surface area (Å²) < 4.78 is 0.734. The first-order valence-electron chi connectivity index (χ1n) is 4.01. The predicted molar refractivity (Wildman–Crippen MR) is 55.6 cm³/mol. The van der Waals surface area contributed by atoms with Gasteiger partial charge in [0.25, 0.3) is 0 Å². The second-order valence-corrected chi connectivity index (χ2v) is 3.74. The summed E-state index contributed by atoms with van der Waals surface area (Å²) in [7, 11) is 0. The highest BCUT2D eigenvalue weighted by atomic mass is 79.9. The molecule has 14 heavy (non-hydrogen) atoms. The fourth-order valence-corrected chi connectivity index (χ4v) is 1.50. The van der Waals surface area contributed by atoms with Gasteiger partial charge in [0, 0.05) is 15.6 Å². The minimum Gasteiger partial charge on any atom is -0.388 e. The Kier molecular flexibility index (Phi) is 3.55. The first kappa shape index (κ1) is 11.1. The van der Waals surface area contributed by atoms with Crippen molar-refractivity contribution in [2.24, 2.45) is 0 Å². The van der Waals surface area contributed by atoms with Crippen LogP contribution in [-0.2, 0) is 0 Å². The van der Waals surface area contributed by atoms with Gasteiger partial charge in [-0.2, -0.15) is 0 Å². The Bertz CT molecular complexity index is 385. The summed E-state index contributed by atoms with van der Waals surface area (Å²) in [5.41, 5.74) is 0.599. The van der Waals surface area contributed by atoms with Crippen LogP contribution in [0.15, 0.2) is 22.7 Å². The Morgan fingerprint density at radius 1 is 1.36 bits per heavy atom. The third kappa shape index (κ3) is 2.27. The van der Waals surface area contributed by atoms with Gasteiger partial charge < -0.3 is 5.11 Å². The van der Waals surface area contributed by atoms with Gasteiger partial charge in [0.2, 0.25) is 0 Å². The molecule has 4 heteroatoms. The zero-order valence-corrected chi connectivity index (χ0v) is 9.17. The first-order chi connectivity index (χ1) is 6.56. The molecule has 0 aliphatic rings. The number of halogens is 1. The number of Topliss-reactive ketones (excluding diaryl/α,β-unsaturated/α-hetero) is 2. The number of aliphatic hydroxyl groups excluding tert-OH is 1. The lowest BCUT2D eigenvalue weighted by Gasteiger charge is -2.04. The van der Waals surface area contributed by atoms with Crippen LogP contribution in [0.1, 0.15) is 27.6 Å². The molecule has 0 unspecified atom stereocenters. The number of rotatable bonds is 3. The summed E-state index contributed by atoms with van der Waals surface area (Å²) >= 11 is 3.21. The molecule has 1 aromatic carbocycles. The molecular weight excluding hydrogens is 248 g/mol. The zero-order chi connectivity index (χ0) is 10.7. The molecule has 0 radical (unpaired) electrons. The van der Waals surface area contributed by atoms with Crippen LogP contribution < -0.4 is 0 Å². The van der Waals surface area contributed by atoms with Gasteiger partial charge in [-0.25, -0.2) is 0 Å². The molecule has 0 aliphatic carbocycles. The molecule has 1 rings (SSSR count). The van der Waals surface area contributed by atoms with Crippen molar-refractivity contribution < 1.29 is 14.7 Å². The normalized spacial score (nSPS) is 9.93. The number of carbonyl (C=O) groups is 2. The second kappa shape index (κ2) is 4.48. The van der Waals surface area contributed by atoms with Gasteiger partial charge in [0.15, 0.2) is 11.6 Å². The molecule has 0 bridgehead atoms. The third-order valence-corrected chi connectivity index (χ3v) is 2.30. The molecule has 1 aromatic rings. The Morgan fingerprint density at radius 3 is 2.50 bits per heavy atom. The summed E-state index contributed by atoms with van der Waals surface area (Å²) in [5.74, 6) is -0.634. The van der Waals surface area contributed by atoms with Crippen molar-refractivity contribution in [1.29, 1.82) is 0 Å². The quantitative estimate of drug-likeness (QED) is 0.840. The highest BCUT2D eigenvalue weighted by molar-refractivity contribution is 9.10. The molecule has 0 amide bonds. The molecule has 0 spiro atoms. The summed E-state index contributed by atoms with van der Waals surface area (Å²) in [6.07, 6.45) is 0. The topological polar surface area (TPSA) is 54.4 Å². The van der Waals surface area contributed by atoms with Crippen LogP contribution in [0.2, 0.25) is 0 Å². The molecular formula is C10H9BrO3. The van der Waals surface area contributed by atoms with Crippen LogP contribution in [0.3, 0.4) is 0 Å². The smallest absolute Gasteiger partial charge is 0.188 e. The number of hydrogen-bond donors (Lipinski definition) is 1. The monoisotopic (exact) mass is 256 g/mol. The lowest BCUT2D eigenvalue weighted by molar-refractivity contribution is 0.0895. The molecule has 0 heterocycles. The van der Waals surface area contributed by atoms with E-state index in [1.54, 1.807) is 12.1 Å². The molecule has 0 saturated carbocycles. The van der Waals surface area contributed by atoms with E-state index in [2.05, 4.69) is 15.9 Å². The predicted octanol–water partition coefficient (Wildman–Crippen LogP) is 1.83. The molecule has 74 valence electrons. The standard InChI is InChI=1S/C10H9BrO3/c1-6(13)9-4-7(11)2-3-8(9)10(14)5-12/h2-4,12H,5H2,1H3. The molecule has 0 saturated heterocycles. The highest BCUT2D eigenvalue weighted by Gasteiger charge is 2.13. The molecule has 0 atom stereocenters. The van der Waals surface area contributed by atoms with E-state index in [0.717, 1.165) is 4.47 Å². The zero-order valence-electron chi connectivity index (χ0n) is 7.58. The van der Waals surface area contributed by atoms with Gasteiger partial charge in [0.1, 0.15) is 6.61 Å². The number of carbonyl (C=O) groups excluding carboxylic acids is 2. The van der Waals surface area contributed by atoms with E-state index in [9.17, 15) is 9.59 Å². The minimum absolute atomic E-state index is 0.192. The maximum Gasteiger partial charge on any atom is 0.188 e. The van der Waals surface area contributed by atoms with Crippen LogP contribution in [0.4, 0.5) is 0 Å². The maximum atomic E-state index is 11.2. The van der Waals surface area contributed by atoms with E-state index >= 15 is 0 Å². The van der Waals surface area contributed by atoms with Gasteiger partial charge in [-0.1, -0.05) is 15.9 Å². The Balaban J connectivity index is 3.28. The van der Waals surface area contributed by atoms with Crippen molar-refractivity contribution in [3.05, 3.63) is 33.8 Å². The Morgan fingerprint density at radius 2 is 2.00 bits per heavy atom. The SMILES string of the molecule is CC(=O)c1cc(Br)ccc1C(=O)CO. The van der Waals surface area contributed by atoms with E-state index in [-0.39, 0.29) is 11.3 Å². The van der Waals surface area contributed by atoms with Gasteiger partial charge in [-0.05, 0) is 25.1 Å². The van der Waals surface area contributed by atoms with E-state index < -0.39 is 12.4 Å². The fourth-order valence-electron chi connectivity index (χ4n) is 1.14. The van der Waals surface area contributed by atoms with E-state index in [4.69, 9.17) is 5.11 Å². The number of aliphatic hydroxyl groups is 1. The third-order valence-electron chi connectivity index (χ3n) is 1.80. The number of benzene rings is 1. The summed E-state index contributed by atoms with van der Waals surface area (Å²) in [5, 5.41) is 8.69. The van der Waals surface area contributed by atoms with Crippen molar-refractivity contribution in [2.45, 2.75) is 6.92 Å². The number of hydrogen-bond acceptors (Lipinski definition) is 3. The van der Waals surface area contributed by atoms with Crippen LogP contribution in [0.25, 0.3) is 0 Å². The van der Waals surface area contributed by atoms with Gasteiger partial charge in [-0.3, -0.25) is 9.59 Å². The Labute approximate surface area is 89.9 Å². The highest BCUT2D eigenvalue weighted by Crippen LogP contribution is 2.17. The molecule has 0 aliphatic heterocycles. The van der Waals surface area contributed by atoms with Crippen molar-refractivity contribution in [1.82, 2.24) is 0 Å². The van der Waals surface area contributed by atoms with Crippen molar-refractivity contribution in [3.8, 4) is 0 Å². The van der Waals surface area contributed by atoms with Gasteiger partial charge in [0.05, 0.1) is 0 Å². The van der Waals surface area contributed by atoms with Crippen molar-refractivity contribution >= 4 is 27.5 Å². The fraction of sp³-hybridized carbons (Fsp3) is 0.200. The largest absolute Gasteiger partial charge is 0.388 e. The summed E-state index contributed by atoms with van der Waals surface area (Å²) in [6, 6.07) is 4.76. The molecule has 0 aromatic heterocycles. The van der Waals surface area contributed by atoms with Crippen LogP contribution in [0, 0.1) is 0 Å². The number of ketones is 2. The van der Waals surface area contributed by atoms with Crippen LogP contribution in [-0.4, -0.2) is 23.3 Å². The second-order valence-electron chi connectivity index (χ2n) is 2.83. The lowest BCUT2D eigenvalue weighted by Crippen LogP contribution is -2.10. The van der Waals surface area contributed by atoms with E-state index in [1.807, 2.05) is 0 Å². The van der Waals surface area contributed by atoms with Gasteiger partial charge >= 0.3 is 0 Å². The summed E-state index contributed by atoms with van der Waals surface area (Å²) in [4.78, 5) is 22.4. The minimum atomic E-state index is -0.581. The van der Waals surface area contributed by atoms with Crippen LogP contribution >= 0.6 is 15.9 Å².